The highest BCUT2D eigenvalue weighted by atomic mass is 16.5. The molecule has 17 heavy (non-hydrogen) atoms. The van der Waals surface area contributed by atoms with Crippen LogP contribution in [0.4, 0.5) is 0 Å². The van der Waals surface area contributed by atoms with Crippen molar-refractivity contribution in [2.24, 2.45) is 11.0 Å². The predicted octanol–water partition coefficient (Wildman–Crippen LogP) is -0.223. The third-order valence-electron chi connectivity index (χ3n) is 3.59. The van der Waals surface area contributed by atoms with Gasteiger partial charge in [-0.25, -0.2) is 10.4 Å². The molecule has 2 fully saturated rings. The van der Waals surface area contributed by atoms with Gasteiger partial charge in [-0.15, -0.1) is 0 Å². The van der Waals surface area contributed by atoms with Gasteiger partial charge in [-0.05, 0) is 19.3 Å². The zero-order valence-corrected chi connectivity index (χ0v) is 9.84. The number of fused-ring (bicyclic) bond motifs is 1. The van der Waals surface area contributed by atoms with E-state index in [1.165, 1.54) is 0 Å². The summed E-state index contributed by atoms with van der Waals surface area (Å²) in [6.07, 6.45) is 4.81. The normalized spacial score (nSPS) is 33.1. The van der Waals surface area contributed by atoms with Crippen molar-refractivity contribution < 1.29 is 9.53 Å². The van der Waals surface area contributed by atoms with E-state index in [2.05, 4.69) is 10.5 Å². The first-order valence-electron chi connectivity index (χ1n) is 6.29. The first-order chi connectivity index (χ1) is 8.34. The van der Waals surface area contributed by atoms with Crippen LogP contribution in [0.5, 0.6) is 0 Å². The predicted molar refractivity (Wildman–Crippen MR) is 62.0 cm³/mol. The summed E-state index contributed by atoms with van der Waals surface area (Å²) in [6.45, 7) is 3.16. The van der Waals surface area contributed by atoms with Crippen LogP contribution in [-0.2, 0) is 9.53 Å². The average molecular weight is 238 g/mol. The van der Waals surface area contributed by atoms with E-state index in [4.69, 9.17) is 4.74 Å². The average Bonchev–Trinajstić information content (AvgIpc) is 2.83. The van der Waals surface area contributed by atoms with Crippen LogP contribution < -0.4 is 5.43 Å². The van der Waals surface area contributed by atoms with Gasteiger partial charge in [-0.1, -0.05) is 0 Å². The van der Waals surface area contributed by atoms with E-state index in [9.17, 15) is 4.79 Å². The summed E-state index contributed by atoms with van der Waals surface area (Å²) in [5.41, 5.74) is 3.12. The zero-order valence-electron chi connectivity index (χ0n) is 9.84. The quantitative estimate of drug-likeness (QED) is 0.722. The molecule has 1 N–H and O–H groups in total. The Labute approximate surface area is 101 Å². The number of ether oxygens (including phenoxy) is 1. The SMILES string of the molecule is O=C1C2CCNN2C=NN1CC1CCCOC1. The fraction of sp³-hybridized carbons (Fsp3) is 0.818. The Kier molecular flexibility index (Phi) is 2.98. The number of hydrogen-bond donors (Lipinski definition) is 1. The third kappa shape index (κ3) is 2.14. The highest BCUT2D eigenvalue weighted by molar-refractivity contribution is 5.87. The number of carbonyl (C=O) groups is 1. The molecular formula is C11H18N4O2. The molecular weight excluding hydrogens is 220 g/mol. The fourth-order valence-corrected chi connectivity index (χ4v) is 2.62. The van der Waals surface area contributed by atoms with E-state index in [0.717, 1.165) is 39.0 Å². The first-order valence-corrected chi connectivity index (χ1v) is 6.29. The molecule has 0 aliphatic carbocycles. The van der Waals surface area contributed by atoms with E-state index >= 15 is 0 Å². The van der Waals surface area contributed by atoms with Crippen molar-refractivity contribution in [3.63, 3.8) is 0 Å². The lowest BCUT2D eigenvalue weighted by atomic mass is 10.0. The number of nitrogens with zero attached hydrogens (tertiary/aromatic N) is 3. The van der Waals surface area contributed by atoms with Gasteiger partial charge in [0.05, 0.1) is 6.61 Å². The van der Waals surface area contributed by atoms with Gasteiger partial charge in [0.15, 0.2) is 0 Å². The maximum Gasteiger partial charge on any atom is 0.267 e. The van der Waals surface area contributed by atoms with Crippen molar-refractivity contribution in [2.45, 2.75) is 25.3 Å². The summed E-state index contributed by atoms with van der Waals surface area (Å²) in [5, 5.41) is 7.65. The van der Waals surface area contributed by atoms with Crippen LogP contribution in [0, 0.1) is 5.92 Å². The minimum atomic E-state index is -0.0583. The molecule has 0 bridgehead atoms. The molecule has 0 aromatic carbocycles. The molecule has 6 nitrogen and oxygen atoms in total. The minimum Gasteiger partial charge on any atom is -0.381 e. The van der Waals surface area contributed by atoms with Gasteiger partial charge in [0.25, 0.3) is 5.91 Å². The molecule has 0 spiro atoms. The Morgan fingerprint density at radius 2 is 2.47 bits per heavy atom. The number of rotatable bonds is 2. The summed E-state index contributed by atoms with van der Waals surface area (Å²) in [7, 11) is 0. The van der Waals surface area contributed by atoms with Gasteiger partial charge >= 0.3 is 0 Å². The molecule has 2 saturated heterocycles. The maximum absolute atomic E-state index is 12.2. The lowest BCUT2D eigenvalue weighted by Crippen LogP contribution is -2.51. The highest BCUT2D eigenvalue weighted by Crippen LogP contribution is 2.19. The van der Waals surface area contributed by atoms with Crippen LogP contribution >= 0.6 is 0 Å². The van der Waals surface area contributed by atoms with E-state index in [1.807, 2.05) is 5.01 Å². The summed E-state index contributed by atoms with van der Waals surface area (Å²) in [4.78, 5) is 12.2. The molecule has 3 aliphatic rings. The minimum absolute atomic E-state index is 0.0583. The Balaban J connectivity index is 1.63. The second-order valence-electron chi connectivity index (χ2n) is 4.85. The van der Waals surface area contributed by atoms with Crippen molar-refractivity contribution >= 4 is 12.2 Å². The number of hydrazine groups is 1. The van der Waals surface area contributed by atoms with Crippen molar-refractivity contribution in [2.75, 3.05) is 26.3 Å². The van der Waals surface area contributed by atoms with E-state index < -0.39 is 0 Å². The van der Waals surface area contributed by atoms with E-state index in [1.54, 1.807) is 11.3 Å². The summed E-state index contributed by atoms with van der Waals surface area (Å²) in [5.74, 6) is 0.550. The lowest BCUT2D eigenvalue weighted by molar-refractivity contribution is -0.138. The second-order valence-corrected chi connectivity index (χ2v) is 4.85. The number of carbonyl (C=O) groups excluding carboxylic acids is 1. The Hall–Kier alpha value is -1.14. The maximum atomic E-state index is 12.2. The lowest BCUT2D eigenvalue weighted by Gasteiger charge is -2.33. The fourth-order valence-electron chi connectivity index (χ4n) is 2.62. The zero-order chi connectivity index (χ0) is 11.7. The van der Waals surface area contributed by atoms with Crippen LogP contribution in [0.2, 0.25) is 0 Å². The number of hydrogen-bond acceptors (Lipinski definition) is 5. The third-order valence-corrected chi connectivity index (χ3v) is 3.59. The van der Waals surface area contributed by atoms with Crippen LogP contribution in [0.3, 0.4) is 0 Å². The van der Waals surface area contributed by atoms with Crippen molar-refractivity contribution in [3.05, 3.63) is 0 Å². The molecule has 3 rings (SSSR count). The smallest absolute Gasteiger partial charge is 0.267 e. The summed E-state index contributed by atoms with van der Waals surface area (Å²) >= 11 is 0. The molecule has 3 aliphatic heterocycles. The summed E-state index contributed by atoms with van der Waals surface area (Å²) < 4.78 is 5.43. The topological polar surface area (TPSA) is 57.2 Å². The van der Waals surface area contributed by atoms with Crippen molar-refractivity contribution in [1.29, 1.82) is 0 Å². The van der Waals surface area contributed by atoms with Crippen LogP contribution in [0.1, 0.15) is 19.3 Å². The van der Waals surface area contributed by atoms with Gasteiger partial charge in [-0.3, -0.25) is 9.80 Å². The van der Waals surface area contributed by atoms with Crippen molar-refractivity contribution in [1.82, 2.24) is 15.4 Å². The molecule has 3 heterocycles. The van der Waals surface area contributed by atoms with E-state index in [-0.39, 0.29) is 11.9 Å². The van der Waals surface area contributed by atoms with Gasteiger partial charge in [0.2, 0.25) is 0 Å². The standard InChI is InChI=1S/C11H18N4O2/c16-11-10-3-4-12-15(10)8-13-14(11)6-9-2-1-5-17-7-9/h8-10,12H,1-7H2. The number of hydrazone groups is 1. The first kappa shape index (κ1) is 11.0. The van der Waals surface area contributed by atoms with Crippen LogP contribution in [0.25, 0.3) is 0 Å². The Morgan fingerprint density at radius 1 is 1.53 bits per heavy atom. The van der Waals surface area contributed by atoms with Gasteiger partial charge in [0, 0.05) is 25.6 Å². The molecule has 94 valence electrons. The second kappa shape index (κ2) is 4.62. The highest BCUT2D eigenvalue weighted by Gasteiger charge is 2.36. The molecule has 2 atom stereocenters. The molecule has 6 heteroatoms. The number of nitrogens with one attached hydrogen (secondary N) is 1. The monoisotopic (exact) mass is 238 g/mol. The van der Waals surface area contributed by atoms with Crippen LogP contribution in [-0.4, -0.2) is 54.6 Å². The number of amides is 1. The molecule has 2 unspecified atom stereocenters. The van der Waals surface area contributed by atoms with Crippen LogP contribution in [0.15, 0.2) is 5.10 Å². The van der Waals surface area contributed by atoms with Gasteiger partial charge < -0.3 is 4.74 Å². The van der Waals surface area contributed by atoms with E-state index in [0.29, 0.717) is 12.5 Å². The molecule has 1 amide bonds. The molecule has 0 aromatic rings. The largest absolute Gasteiger partial charge is 0.381 e. The Morgan fingerprint density at radius 3 is 3.29 bits per heavy atom. The molecule has 0 radical (unpaired) electrons. The van der Waals surface area contributed by atoms with Gasteiger partial charge in [0.1, 0.15) is 12.4 Å². The Bertz CT molecular complexity index is 327. The molecule has 0 saturated carbocycles. The van der Waals surface area contributed by atoms with Gasteiger partial charge in [-0.2, -0.15) is 5.10 Å². The summed E-state index contributed by atoms with van der Waals surface area (Å²) in [6, 6.07) is -0.0583. The van der Waals surface area contributed by atoms with Crippen molar-refractivity contribution in [3.8, 4) is 0 Å². The molecule has 0 aromatic heterocycles.